The summed E-state index contributed by atoms with van der Waals surface area (Å²) < 4.78 is 16.4. The van der Waals surface area contributed by atoms with Crippen LogP contribution in [0.3, 0.4) is 0 Å². The molecule has 0 spiro atoms. The molecule has 0 aliphatic heterocycles. The summed E-state index contributed by atoms with van der Waals surface area (Å²) in [6, 6.07) is 18.7. The zero-order valence-electron chi connectivity index (χ0n) is 24.5. The number of carbonyl (C=O) groups is 2. The highest BCUT2D eigenvalue weighted by Crippen LogP contribution is 2.30. The Bertz CT molecular complexity index is 1440. The summed E-state index contributed by atoms with van der Waals surface area (Å²) in [5, 5.41) is 10.2. The summed E-state index contributed by atoms with van der Waals surface area (Å²) in [4.78, 5) is 25.1. The molecule has 0 unspecified atom stereocenters. The number of carbonyl (C=O) groups excluding carboxylic acids is 2. The number of hydrogen-bond acceptors (Lipinski definition) is 6. The van der Waals surface area contributed by atoms with Crippen LogP contribution in [0.4, 0.5) is 0 Å². The first-order chi connectivity index (χ1) is 19.6. The molecule has 6 nitrogen and oxygen atoms in total. The highest BCUT2D eigenvalue weighted by atomic mass is 16.6. The molecule has 3 aromatic carbocycles. The van der Waals surface area contributed by atoms with Gasteiger partial charge in [-0.2, -0.15) is 0 Å². The predicted octanol–water partition coefficient (Wildman–Crippen LogP) is 7.66. The van der Waals surface area contributed by atoms with Gasteiger partial charge in [0.05, 0.1) is 20.1 Å². The molecular weight excluding hydrogens is 516 g/mol. The second-order valence-corrected chi connectivity index (χ2v) is 10.3. The van der Waals surface area contributed by atoms with Gasteiger partial charge < -0.3 is 19.3 Å². The maximum atomic E-state index is 12.9. The number of benzene rings is 3. The Hall–Kier alpha value is -4.58. The van der Waals surface area contributed by atoms with Crippen LogP contribution in [0, 0.1) is 12.8 Å². The third kappa shape index (κ3) is 9.24. The van der Waals surface area contributed by atoms with Crippen LogP contribution >= 0.6 is 0 Å². The summed E-state index contributed by atoms with van der Waals surface area (Å²) in [5.41, 5.74) is 4.61. The molecule has 0 saturated carbocycles. The average molecular weight is 555 g/mol. The van der Waals surface area contributed by atoms with Gasteiger partial charge >= 0.3 is 5.97 Å². The lowest BCUT2D eigenvalue weighted by Gasteiger charge is -2.15. The number of ketones is 1. The number of allylic oxidation sites excluding steroid dienone is 3. The van der Waals surface area contributed by atoms with E-state index in [4.69, 9.17) is 14.2 Å². The molecule has 0 aliphatic rings. The number of methoxy groups -OCH3 is 2. The van der Waals surface area contributed by atoms with E-state index < -0.39 is 5.92 Å². The van der Waals surface area contributed by atoms with Crippen LogP contribution in [0.2, 0.25) is 0 Å². The molecule has 0 amide bonds. The zero-order valence-corrected chi connectivity index (χ0v) is 24.5. The lowest BCUT2D eigenvalue weighted by molar-refractivity contribution is -0.135. The lowest BCUT2D eigenvalue weighted by atomic mass is 9.97. The van der Waals surface area contributed by atoms with Crippen molar-refractivity contribution in [1.82, 2.24) is 0 Å². The maximum Gasteiger partial charge on any atom is 0.318 e. The van der Waals surface area contributed by atoms with Crippen LogP contribution in [0.1, 0.15) is 54.5 Å². The van der Waals surface area contributed by atoms with Crippen molar-refractivity contribution in [3.63, 3.8) is 0 Å². The third-order valence-electron chi connectivity index (χ3n) is 6.48. The Morgan fingerprint density at radius 1 is 0.805 bits per heavy atom. The van der Waals surface area contributed by atoms with E-state index in [1.807, 2.05) is 44.2 Å². The maximum absolute atomic E-state index is 12.9. The van der Waals surface area contributed by atoms with Crippen molar-refractivity contribution in [3.05, 3.63) is 112 Å². The first-order valence-electron chi connectivity index (χ1n) is 13.5. The van der Waals surface area contributed by atoms with E-state index in [-0.39, 0.29) is 17.5 Å². The lowest BCUT2D eigenvalue weighted by Crippen LogP contribution is -2.16. The van der Waals surface area contributed by atoms with Crippen LogP contribution in [-0.4, -0.2) is 31.1 Å². The normalized spacial score (nSPS) is 12.6. The fourth-order valence-corrected chi connectivity index (χ4v) is 4.16. The molecule has 0 heterocycles. The Labute approximate surface area is 242 Å². The summed E-state index contributed by atoms with van der Waals surface area (Å²) in [5.74, 6) is 0.556. The molecule has 0 saturated heterocycles. The molecule has 214 valence electrons. The largest absolute Gasteiger partial charge is 0.508 e. The first-order valence-corrected chi connectivity index (χ1v) is 13.5. The minimum atomic E-state index is -0.450. The smallest absolute Gasteiger partial charge is 0.318 e. The van der Waals surface area contributed by atoms with E-state index in [1.54, 1.807) is 37.5 Å². The van der Waals surface area contributed by atoms with Crippen LogP contribution in [-0.2, 0) is 16.0 Å². The number of ether oxygens (including phenoxy) is 3. The Morgan fingerprint density at radius 3 is 2.05 bits per heavy atom. The van der Waals surface area contributed by atoms with Gasteiger partial charge in [-0.3, -0.25) is 9.59 Å². The number of aryl methyl sites for hydroxylation is 1. The van der Waals surface area contributed by atoms with Crippen molar-refractivity contribution in [2.45, 2.75) is 40.0 Å². The van der Waals surface area contributed by atoms with Gasteiger partial charge in [-0.15, -0.1) is 0 Å². The third-order valence-corrected chi connectivity index (χ3v) is 6.48. The Kier molecular flexibility index (Phi) is 11.1. The van der Waals surface area contributed by atoms with Crippen LogP contribution < -0.4 is 14.2 Å². The molecule has 1 N–H and O–H groups in total. The van der Waals surface area contributed by atoms with Gasteiger partial charge in [0.15, 0.2) is 17.3 Å². The van der Waals surface area contributed by atoms with Crippen LogP contribution in [0.25, 0.3) is 12.2 Å². The second-order valence-electron chi connectivity index (χ2n) is 10.3. The van der Waals surface area contributed by atoms with E-state index in [2.05, 4.69) is 26.0 Å². The average Bonchev–Trinajstić information content (AvgIpc) is 2.95. The van der Waals surface area contributed by atoms with Crippen molar-refractivity contribution < 1.29 is 28.9 Å². The fraction of sp³-hybridized carbons (Fsp3) is 0.257. The molecule has 1 atom stereocenters. The Morgan fingerprint density at radius 2 is 1.41 bits per heavy atom. The summed E-state index contributed by atoms with van der Waals surface area (Å²) >= 11 is 0. The number of esters is 1. The Balaban J connectivity index is 1.63. The quantitative estimate of drug-likeness (QED) is 0.0814. The van der Waals surface area contributed by atoms with E-state index in [9.17, 15) is 14.7 Å². The first kappa shape index (κ1) is 31.0. The topological polar surface area (TPSA) is 82.1 Å². The minimum absolute atomic E-state index is 0.205. The van der Waals surface area contributed by atoms with Crippen LogP contribution in [0.15, 0.2) is 84.7 Å². The molecule has 3 aromatic rings. The molecule has 6 heteroatoms. The van der Waals surface area contributed by atoms with Crippen molar-refractivity contribution in [2.75, 3.05) is 14.2 Å². The number of hydrogen-bond donors (Lipinski definition) is 1. The SMILES string of the molecule is COc1cc(/C=C/C(=O)C=C(O)/C=C/c2ccc(OC(=O)[C@@H](C)c3ccc(CC(C)C)cc3)c(OC)c2)ccc1C. The summed E-state index contributed by atoms with van der Waals surface area (Å²) in [6.07, 6.45) is 8.19. The van der Waals surface area contributed by atoms with Gasteiger partial charge in [0.1, 0.15) is 11.5 Å². The number of aliphatic hydroxyl groups excluding tert-OH is 1. The number of aliphatic hydroxyl groups is 1. The van der Waals surface area contributed by atoms with Crippen molar-refractivity contribution >= 4 is 23.9 Å². The predicted molar refractivity (Wildman–Crippen MR) is 164 cm³/mol. The minimum Gasteiger partial charge on any atom is -0.508 e. The monoisotopic (exact) mass is 554 g/mol. The van der Waals surface area contributed by atoms with E-state index >= 15 is 0 Å². The highest BCUT2D eigenvalue weighted by Gasteiger charge is 2.19. The molecule has 0 fully saturated rings. The molecule has 41 heavy (non-hydrogen) atoms. The van der Waals surface area contributed by atoms with Crippen molar-refractivity contribution in [3.8, 4) is 17.2 Å². The van der Waals surface area contributed by atoms with E-state index in [0.29, 0.717) is 23.0 Å². The van der Waals surface area contributed by atoms with Gasteiger partial charge in [-0.1, -0.05) is 68.5 Å². The van der Waals surface area contributed by atoms with Crippen molar-refractivity contribution in [2.24, 2.45) is 5.92 Å². The molecule has 0 radical (unpaired) electrons. The summed E-state index contributed by atoms with van der Waals surface area (Å²) in [6.45, 7) is 8.10. The summed E-state index contributed by atoms with van der Waals surface area (Å²) in [7, 11) is 3.09. The highest BCUT2D eigenvalue weighted by molar-refractivity contribution is 6.02. The standard InChI is InChI=1S/C35H38O6/c1-23(2)19-26-9-14-29(15-10-26)25(4)35(38)41-32-18-13-28(21-34(32)40-6)12-17-31(37)22-30(36)16-11-27-8-7-24(3)33(20-27)39-5/h7-18,20-23,25,37H,19H2,1-6H3/b16-11+,17-12+,31-22?/t25-/m0/s1. The van der Waals surface area contributed by atoms with Gasteiger partial charge in [0, 0.05) is 6.08 Å². The second kappa shape index (κ2) is 14.7. The van der Waals surface area contributed by atoms with E-state index in [0.717, 1.165) is 34.9 Å². The van der Waals surface area contributed by atoms with Gasteiger partial charge in [0.2, 0.25) is 0 Å². The molecule has 3 rings (SSSR count). The zero-order chi connectivity index (χ0) is 29.9. The van der Waals surface area contributed by atoms with Crippen molar-refractivity contribution in [1.29, 1.82) is 0 Å². The molecule has 0 aliphatic carbocycles. The van der Waals surface area contributed by atoms with Gasteiger partial charge in [-0.05, 0) is 84.4 Å². The van der Waals surface area contributed by atoms with Gasteiger partial charge in [-0.25, -0.2) is 0 Å². The fourth-order valence-electron chi connectivity index (χ4n) is 4.16. The van der Waals surface area contributed by atoms with Crippen LogP contribution in [0.5, 0.6) is 17.2 Å². The van der Waals surface area contributed by atoms with Gasteiger partial charge in [0.25, 0.3) is 0 Å². The van der Waals surface area contributed by atoms with E-state index in [1.165, 1.54) is 24.8 Å². The molecular formula is C35H38O6. The molecule has 0 bridgehead atoms. The number of rotatable bonds is 12. The molecule has 0 aromatic heterocycles.